The molecule has 0 N–H and O–H groups in total. The van der Waals surface area contributed by atoms with Gasteiger partial charge in [0.15, 0.2) is 0 Å². The summed E-state index contributed by atoms with van der Waals surface area (Å²) in [4.78, 5) is 21.9. The molecule has 0 heterocycles. The molecule has 0 amide bonds. The molecule has 1 aromatic rings. The number of anilines is 1. The summed E-state index contributed by atoms with van der Waals surface area (Å²) < 4.78 is 0. The highest BCUT2D eigenvalue weighted by Crippen LogP contribution is 2.20. The topological polar surface area (TPSA) is 89.5 Å². The van der Waals surface area contributed by atoms with Crippen LogP contribution >= 0.6 is 0 Å². The third-order valence-corrected chi connectivity index (χ3v) is 2.62. The normalized spacial score (nSPS) is 10.4. The van der Waals surface area contributed by atoms with Gasteiger partial charge >= 0.3 is 0 Å². The Morgan fingerprint density at radius 3 is 1.83 bits per heavy atom. The van der Waals surface area contributed by atoms with Crippen LogP contribution in [0.5, 0.6) is 0 Å². The van der Waals surface area contributed by atoms with Crippen molar-refractivity contribution < 1.29 is 9.85 Å². The maximum absolute atomic E-state index is 10.5. The summed E-state index contributed by atoms with van der Waals surface area (Å²) in [6, 6.07) is 6.99. The summed E-state index contributed by atoms with van der Waals surface area (Å²) in [6.45, 7) is -0.857. The zero-order chi connectivity index (χ0) is 13.7. The predicted octanol–water partition coefficient (Wildman–Crippen LogP) is 1.39. The fourth-order valence-corrected chi connectivity index (χ4v) is 1.67. The van der Waals surface area contributed by atoms with Crippen LogP contribution in [0, 0.1) is 20.2 Å². The second-order valence-electron chi connectivity index (χ2n) is 4.21. The molecule has 98 valence electrons. The molecule has 0 saturated carbocycles. The van der Waals surface area contributed by atoms with Gasteiger partial charge in [0.2, 0.25) is 13.1 Å². The quantitative estimate of drug-likeness (QED) is 0.564. The van der Waals surface area contributed by atoms with Gasteiger partial charge in [0.1, 0.15) is 5.92 Å². The molecule has 7 heteroatoms. The van der Waals surface area contributed by atoms with Gasteiger partial charge in [0.05, 0.1) is 0 Å². The Morgan fingerprint density at radius 1 is 1.06 bits per heavy atom. The molecule has 7 nitrogen and oxygen atoms in total. The van der Waals surface area contributed by atoms with E-state index in [1.165, 1.54) is 0 Å². The lowest BCUT2D eigenvalue weighted by molar-refractivity contribution is -0.516. The van der Waals surface area contributed by atoms with E-state index in [4.69, 9.17) is 0 Å². The maximum Gasteiger partial charge on any atom is 0.217 e. The average molecular weight is 253 g/mol. The second kappa shape index (κ2) is 5.95. The Balaban J connectivity index is 2.90. The van der Waals surface area contributed by atoms with Gasteiger partial charge in [-0.3, -0.25) is 20.2 Å². The van der Waals surface area contributed by atoms with Crippen LogP contribution < -0.4 is 4.90 Å². The minimum atomic E-state index is -0.689. The molecule has 0 radical (unpaired) electrons. The minimum Gasteiger partial charge on any atom is -0.378 e. The van der Waals surface area contributed by atoms with Gasteiger partial charge in [-0.05, 0) is 17.7 Å². The van der Waals surface area contributed by atoms with E-state index in [2.05, 4.69) is 0 Å². The van der Waals surface area contributed by atoms with Crippen LogP contribution in [0.4, 0.5) is 5.69 Å². The van der Waals surface area contributed by atoms with Crippen LogP contribution in [-0.2, 0) is 0 Å². The highest BCUT2D eigenvalue weighted by molar-refractivity contribution is 5.46. The molecule has 0 bridgehead atoms. The molecular formula is C11H15N3O4. The van der Waals surface area contributed by atoms with E-state index in [0.29, 0.717) is 5.56 Å². The highest BCUT2D eigenvalue weighted by atomic mass is 16.6. The third kappa shape index (κ3) is 4.00. The molecule has 0 aliphatic rings. The van der Waals surface area contributed by atoms with Gasteiger partial charge < -0.3 is 4.90 Å². The standard InChI is InChI=1S/C11H15N3O4/c1-12(2)11-5-3-9(4-6-11)10(7-13(15)16)8-14(17)18/h3-6,10H,7-8H2,1-2H3. The van der Waals surface area contributed by atoms with Gasteiger partial charge in [-0.2, -0.15) is 0 Å². The van der Waals surface area contributed by atoms with Crippen molar-refractivity contribution in [3.8, 4) is 0 Å². The van der Waals surface area contributed by atoms with Gasteiger partial charge in [-0.15, -0.1) is 0 Å². The summed E-state index contributed by atoms with van der Waals surface area (Å²) in [5, 5.41) is 21.0. The van der Waals surface area contributed by atoms with Crippen molar-refractivity contribution in [2.45, 2.75) is 5.92 Å². The van der Waals surface area contributed by atoms with Gasteiger partial charge in [0.25, 0.3) is 0 Å². The van der Waals surface area contributed by atoms with E-state index in [-0.39, 0.29) is 0 Å². The Hall–Kier alpha value is -2.18. The number of benzene rings is 1. The Labute approximate surface area is 104 Å². The molecule has 0 aliphatic carbocycles. The lowest BCUT2D eigenvalue weighted by Crippen LogP contribution is -2.20. The van der Waals surface area contributed by atoms with Crippen molar-refractivity contribution in [2.75, 3.05) is 32.1 Å². The lowest BCUT2D eigenvalue weighted by Gasteiger charge is -2.14. The Morgan fingerprint density at radius 2 is 1.50 bits per heavy atom. The van der Waals surface area contributed by atoms with E-state index in [0.717, 1.165) is 5.69 Å². The van der Waals surface area contributed by atoms with Crippen molar-refractivity contribution in [3.05, 3.63) is 50.1 Å². The number of rotatable bonds is 6. The molecule has 0 aromatic heterocycles. The summed E-state index contributed by atoms with van der Waals surface area (Å²) in [7, 11) is 3.75. The van der Waals surface area contributed by atoms with E-state index in [1.807, 2.05) is 19.0 Å². The molecular weight excluding hydrogens is 238 g/mol. The van der Waals surface area contributed by atoms with Crippen molar-refractivity contribution >= 4 is 5.69 Å². The second-order valence-corrected chi connectivity index (χ2v) is 4.21. The first-order valence-electron chi connectivity index (χ1n) is 5.41. The van der Waals surface area contributed by atoms with E-state index >= 15 is 0 Å². The van der Waals surface area contributed by atoms with E-state index < -0.39 is 28.9 Å². The number of hydrogen-bond donors (Lipinski definition) is 0. The van der Waals surface area contributed by atoms with Crippen molar-refractivity contribution in [2.24, 2.45) is 0 Å². The first kappa shape index (κ1) is 13.9. The zero-order valence-corrected chi connectivity index (χ0v) is 10.3. The average Bonchev–Trinajstić information content (AvgIpc) is 2.27. The molecule has 0 aliphatic heterocycles. The van der Waals surface area contributed by atoms with Crippen LogP contribution in [0.1, 0.15) is 11.5 Å². The van der Waals surface area contributed by atoms with Crippen LogP contribution in [0.3, 0.4) is 0 Å². The third-order valence-electron chi connectivity index (χ3n) is 2.62. The van der Waals surface area contributed by atoms with Crippen LogP contribution in [-0.4, -0.2) is 37.0 Å². The van der Waals surface area contributed by atoms with Crippen LogP contribution in [0.25, 0.3) is 0 Å². The fourth-order valence-electron chi connectivity index (χ4n) is 1.67. The maximum atomic E-state index is 10.5. The van der Waals surface area contributed by atoms with Crippen molar-refractivity contribution in [3.63, 3.8) is 0 Å². The molecule has 0 spiro atoms. The number of nitro groups is 2. The molecule has 0 fully saturated rings. The Kier molecular flexibility index (Phi) is 4.59. The molecule has 0 unspecified atom stereocenters. The largest absolute Gasteiger partial charge is 0.378 e. The molecule has 1 rings (SSSR count). The Bertz CT molecular complexity index is 414. The summed E-state index contributed by atoms with van der Waals surface area (Å²) in [5.74, 6) is -0.689. The van der Waals surface area contributed by atoms with E-state index in [1.54, 1.807) is 24.3 Å². The van der Waals surface area contributed by atoms with E-state index in [9.17, 15) is 20.2 Å². The van der Waals surface area contributed by atoms with Crippen LogP contribution in [0.15, 0.2) is 24.3 Å². The molecule has 0 saturated heterocycles. The summed E-state index contributed by atoms with van der Waals surface area (Å²) in [6.07, 6.45) is 0. The molecule has 1 aromatic carbocycles. The summed E-state index contributed by atoms with van der Waals surface area (Å²) in [5.41, 5.74) is 1.56. The van der Waals surface area contributed by atoms with Gasteiger partial charge in [0, 0.05) is 29.6 Å². The molecule has 18 heavy (non-hydrogen) atoms. The summed E-state index contributed by atoms with van der Waals surface area (Å²) >= 11 is 0. The monoisotopic (exact) mass is 253 g/mol. The van der Waals surface area contributed by atoms with Crippen molar-refractivity contribution in [1.82, 2.24) is 0 Å². The first-order valence-corrected chi connectivity index (χ1v) is 5.41. The zero-order valence-electron chi connectivity index (χ0n) is 10.3. The van der Waals surface area contributed by atoms with Crippen molar-refractivity contribution in [1.29, 1.82) is 0 Å². The van der Waals surface area contributed by atoms with Gasteiger partial charge in [-0.1, -0.05) is 12.1 Å². The van der Waals surface area contributed by atoms with Gasteiger partial charge in [-0.25, -0.2) is 0 Å². The minimum absolute atomic E-state index is 0.428. The SMILES string of the molecule is CN(C)c1ccc(C(C[N+](=O)[O-])C[N+](=O)[O-])cc1. The predicted molar refractivity (Wildman–Crippen MR) is 67.2 cm³/mol. The number of nitrogens with zero attached hydrogens (tertiary/aromatic N) is 3. The first-order chi connectivity index (χ1) is 8.40. The van der Waals surface area contributed by atoms with Crippen LogP contribution in [0.2, 0.25) is 0 Å². The molecule has 0 atom stereocenters. The highest BCUT2D eigenvalue weighted by Gasteiger charge is 2.23. The smallest absolute Gasteiger partial charge is 0.217 e. The fraction of sp³-hybridized carbons (Fsp3) is 0.455. The lowest BCUT2D eigenvalue weighted by atomic mass is 9.99. The number of hydrogen-bond acceptors (Lipinski definition) is 5.